The molecule has 3 aromatic heterocycles. The molecule has 0 aliphatic carbocycles. The molecule has 0 atom stereocenters. The first-order chi connectivity index (χ1) is 12.6. The molecule has 0 spiro atoms. The Kier molecular flexibility index (Phi) is 4.21. The Labute approximate surface area is 152 Å². The second-order valence-electron chi connectivity index (χ2n) is 6.57. The van der Waals surface area contributed by atoms with Crippen molar-refractivity contribution in [1.29, 1.82) is 0 Å². The van der Waals surface area contributed by atoms with Gasteiger partial charge in [0, 0.05) is 18.4 Å². The molecule has 0 saturated heterocycles. The van der Waals surface area contributed by atoms with Crippen molar-refractivity contribution in [3.63, 3.8) is 0 Å². The van der Waals surface area contributed by atoms with Crippen molar-refractivity contribution < 1.29 is 4.42 Å². The second-order valence-corrected chi connectivity index (χ2v) is 6.57. The zero-order valence-electron chi connectivity index (χ0n) is 15.1. The fraction of sp³-hybridized carbons (Fsp3) is 0.238. The van der Waals surface area contributed by atoms with Crippen LogP contribution in [0.5, 0.6) is 0 Å². The van der Waals surface area contributed by atoms with Gasteiger partial charge in [-0.05, 0) is 62.1 Å². The monoisotopic (exact) mass is 346 g/mol. The maximum absolute atomic E-state index is 5.76. The summed E-state index contributed by atoms with van der Waals surface area (Å²) in [6.45, 7) is 8.53. The second kappa shape index (κ2) is 6.67. The van der Waals surface area contributed by atoms with Crippen molar-refractivity contribution in [2.24, 2.45) is 0 Å². The van der Waals surface area contributed by atoms with Crippen molar-refractivity contribution in [3.05, 3.63) is 71.7 Å². The van der Waals surface area contributed by atoms with Crippen LogP contribution in [0, 0.1) is 13.8 Å². The molecular weight excluding hydrogens is 324 g/mol. The van der Waals surface area contributed by atoms with E-state index in [1.807, 2.05) is 6.07 Å². The number of hydrogen-bond donors (Lipinski definition) is 1. The van der Waals surface area contributed by atoms with Gasteiger partial charge in [0.2, 0.25) is 0 Å². The Morgan fingerprint density at radius 2 is 2.04 bits per heavy atom. The Morgan fingerprint density at radius 3 is 2.88 bits per heavy atom. The van der Waals surface area contributed by atoms with E-state index in [1.165, 1.54) is 16.8 Å². The number of rotatable bonds is 6. The number of imidazole rings is 1. The van der Waals surface area contributed by atoms with Gasteiger partial charge in [-0.1, -0.05) is 12.1 Å². The smallest absolute Gasteiger partial charge is 0.295 e. The van der Waals surface area contributed by atoms with Gasteiger partial charge in [-0.15, -0.1) is 6.58 Å². The molecule has 0 unspecified atom stereocenters. The average Bonchev–Trinajstić information content (AvgIpc) is 3.18. The minimum Gasteiger partial charge on any atom is -0.424 e. The predicted octanol–water partition coefficient (Wildman–Crippen LogP) is 4.48. The predicted molar refractivity (Wildman–Crippen MR) is 105 cm³/mol. The molecule has 1 aromatic carbocycles. The minimum atomic E-state index is 0.531. The Bertz CT molecular complexity index is 1090. The van der Waals surface area contributed by atoms with Gasteiger partial charge < -0.3 is 14.1 Å². The van der Waals surface area contributed by atoms with E-state index in [-0.39, 0.29) is 0 Å². The first-order valence-electron chi connectivity index (χ1n) is 8.82. The SMILES string of the molecule is C=CCNc1nc2ccc(CCc3nc4cc(C)ccn4c3C)cc2o1. The number of hydrogen-bond acceptors (Lipinski definition) is 4. The Hall–Kier alpha value is -3.08. The third-order valence-corrected chi connectivity index (χ3v) is 4.62. The van der Waals surface area contributed by atoms with Gasteiger partial charge in [-0.25, -0.2) is 4.98 Å². The summed E-state index contributed by atoms with van der Waals surface area (Å²) in [6, 6.07) is 10.9. The summed E-state index contributed by atoms with van der Waals surface area (Å²) < 4.78 is 7.91. The molecule has 0 fully saturated rings. The highest BCUT2D eigenvalue weighted by atomic mass is 16.4. The average molecular weight is 346 g/mol. The number of fused-ring (bicyclic) bond motifs is 2. The van der Waals surface area contributed by atoms with Gasteiger partial charge in [0.25, 0.3) is 6.01 Å². The fourth-order valence-electron chi connectivity index (χ4n) is 3.18. The fourth-order valence-corrected chi connectivity index (χ4v) is 3.18. The number of benzene rings is 1. The van der Waals surface area contributed by atoms with E-state index in [2.05, 4.69) is 65.6 Å². The first kappa shape index (κ1) is 16.4. The molecule has 0 aliphatic heterocycles. The number of oxazole rings is 1. The van der Waals surface area contributed by atoms with Gasteiger partial charge in [0.15, 0.2) is 5.58 Å². The third-order valence-electron chi connectivity index (χ3n) is 4.62. The van der Waals surface area contributed by atoms with Crippen molar-refractivity contribution in [2.45, 2.75) is 26.7 Å². The quantitative estimate of drug-likeness (QED) is 0.523. The maximum atomic E-state index is 5.76. The molecule has 132 valence electrons. The number of aromatic nitrogens is 3. The molecule has 4 aromatic rings. The Morgan fingerprint density at radius 1 is 1.15 bits per heavy atom. The van der Waals surface area contributed by atoms with Crippen LogP contribution in [-0.2, 0) is 12.8 Å². The lowest BCUT2D eigenvalue weighted by molar-refractivity contribution is 0.617. The van der Waals surface area contributed by atoms with Crippen molar-refractivity contribution in [2.75, 3.05) is 11.9 Å². The van der Waals surface area contributed by atoms with Crippen LogP contribution in [0.3, 0.4) is 0 Å². The molecule has 5 heteroatoms. The lowest BCUT2D eigenvalue weighted by atomic mass is 10.1. The molecule has 1 N–H and O–H groups in total. The molecular formula is C21H22N4O. The normalized spacial score (nSPS) is 11.3. The van der Waals surface area contributed by atoms with Crippen LogP contribution in [0.15, 0.2) is 53.6 Å². The molecule has 4 rings (SSSR count). The molecule has 26 heavy (non-hydrogen) atoms. The zero-order valence-corrected chi connectivity index (χ0v) is 15.1. The largest absolute Gasteiger partial charge is 0.424 e. The number of aryl methyl sites for hydroxylation is 4. The van der Waals surface area contributed by atoms with Gasteiger partial charge in [0.1, 0.15) is 11.2 Å². The van der Waals surface area contributed by atoms with Gasteiger partial charge in [0.05, 0.1) is 5.69 Å². The van der Waals surface area contributed by atoms with E-state index >= 15 is 0 Å². The minimum absolute atomic E-state index is 0.531. The van der Waals surface area contributed by atoms with E-state index in [0.717, 1.165) is 35.3 Å². The summed E-state index contributed by atoms with van der Waals surface area (Å²) in [5.41, 5.74) is 7.47. The van der Waals surface area contributed by atoms with E-state index in [4.69, 9.17) is 9.40 Å². The van der Waals surface area contributed by atoms with Crippen LogP contribution >= 0.6 is 0 Å². The molecule has 5 nitrogen and oxygen atoms in total. The highest BCUT2D eigenvalue weighted by molar-refractivity contribution is 5.75. The number of pyridine rings is 1. The van der Waals surface area contributed by atoms with Crippen LogP contribution in [-0.4, -0.2) is 20.9 Å². The summed E-state index contributed by atoms with van der Waals surface area (Å²) in [7, 11) is 0. The summed E-state index contributed by atoms with van der Waals surface area (Å²) in [5.74, 6) is 0. The van der Waals surface area contributed by atoms with Crippen LogP contribution < -0.4 is 5.32 Å². The van der Waals surface area contributed by atoms with Gasteiger partial charge in [-0.2, -0.15) is 4.98 Å². The Balaban J connectivity index is 1.54. The van der Waals surface area contributed by atoms with E-state index in [0.29, 0.717) is 12.6 Å². The third kappa shape index (κ3) is 3.08. The van der Waals surface area contributed by atoms with E-state index in [1.54, 1.807) is 6.08 Å². The summed E-state index contributed by atoms with van der Waals surface area (Å²) in [6.07, 6.45) is 5.68. The van der Waals surface area contributed by atoms with Gasteiger partial charge in [-0.3, -0.25) is 0 Å². The molecule has 0 bridgehead atoms. The van der Waals surface area contributed by atoms with Crippen molar-refractivity contribution >= 4 is 22.8 Å². The topological polar surface area (TPSA) is 55.4 Å². The highest BCUT2D eigenvalue weighted by Crippen LogP contribution is 2.22. The molecule has 0 amide bonds. The summed E-state index contributed by atoms with van der Waals surface area (Å²) in [4.78, 5) is 9.22. The standard InChI is InChI=1S/C21H22N4O/c1-4-10-22-21-24-18-8-6-16(13-19(18)26-21)5-7-17-15(3)25-11-9-14(2)12-20(25)23-17/h4,6,8-9,11-13H,1,5,7,10H2,2-3H3,(H,22,24). The number of nitrogens with zero attached hydrogens (tertiary/aromatic N) is 3. The van der Waals surface area contributed by atoms with Crippen LogP contribution in [0.4, 0.5) is 6.01 Å². The molecule has 3 heterocycles. The highest BCUT2D eigenvalue weighted by Gasteiger charge is 2.10. The first-order valence-corrected chi connectivity index (χ1v) is 8.82. The summed E-state index contributed by atoms with van der Waals surface area (Å²) >= 11 is 0. The van der Waals surface area contributed by atoms with Crippen molar-refractivity contribution in [1.82, 2.24) is 14.4 Å². The molecule has 0 aliphatic rings. The van der Waals surface area contributed by atoms with Crippen molar-refractivity contribution in [3.8, 4) is 0 Å². The zero-order chi connectivity index (χ0) is 18.1. The van der Waals surface area contributed by atoms with E-state index in [9.17, 15) is 0 Å². The van der Waals surface area contributed by atoms with E-state index < -0.39 is 0 Å². The van der Waals surface area contributed by atoms with Gasteiger partial charge >= 0.3 is 0 Å². The maximum Gasteiger partial charge on any atom is 0.295 e. The molecule has 0 saturated carbocycles. The van der Waals surface area contributed by atoms with Crippen LogP contribution in [0.1, 0.15) is 22.5 Å². The lowest BCUT2D eigenvalue weighted by Crippen LogP contribution is -1.96. The summed E-state index contributed by atoms with van der Waals surface area (Å²) in [5, 5.41) is 3.08. The molecule has 0 radical (unpaired) electrons. The van der Waals surface area contributed by atoms with Crippen LogP contribution in [0.2, 0.25) is 0 Å². The number of anilines is 1. The lowest BCUT2D eigenvalue weighted by Gasteiger charge is -2.01. The van der Waals surface area contributed by atoms with Crippen LogP contribution in [0.25, 0.3) is 16.7 Å². The number of nitrogens with one attached hydrogen (secondary N) is 1.